The lowest BCUT2D eigenvalue weighted by Gasteiger charge is -2.23. The smallest absolute Gasteiger partial charge is 0.240 e. The van der Waals surface area contributed by atoms with Crippen LogP contribution < -0.4 is 9.62 Å². The van der Waals surface area contributed by atoms with E-state index in [-0.39, 0.29) is 18.1 Å². The van der Waals surface area contributed by atoms with Crippen LogP contribution in [0.25, 0.3) is 0 Å². The molecule has 0 spiro atoms. The molecule has 152 valence electrons. The Bertz CT molecular complexity index is 715. The van der Waals surface area contributed by atoms with E-state index in [4.69, 9.17) is 23.2 Å². The summed E-state index contributed by atoms with van der Waals surface area (Å²) in [5.74, 6) is -0.354. The van der Waals surface area contributed by atoms with Crippen molar-refractivity contribution in [3.8, 4) is 0 Å². The topological polar surface area (TPSA) is 69.7 Å². The third-order valence-electron chi connectivity index (χ3n) is 4.49. The van der Waals surface area contributed by atoms with E-state index in [1.54, 1.807) is 0 Å². The summed E-state index contributed by atoms with van der Waals surface area (Å²) in [5, 5.41) is 3.42. The molecule has 1 heterocycles. The van der Waals surface area contributed by atoms with Crippen molar-refractivity contribution >= 4 is 44.8 Å². The highest BCUT2D eigenvalue weighted by Crippen LogP contribution is 2.26. The van der Waals surface area contributed by atoms with Crippen molar-refractivity contribution in [3.05, 3.63) is 28.2 Å². The fourth-order valence-corrected chi connectivity index (χ4v) is 4.51. The molecule has 9 heteroatoms. The molecule has 1 N–H and O–H groups in total. The lowest BCUT2D eigenvalue weighted by Crippen LogP contribution is -2.41. The van der Waals surface area contributed by atoms with Gasteiger partial charge in [-0.05, 0) is 57.1 Å². The van der Waals surface area contributed by atoms with Gasteiger partial charge in [0.1, 0.15) is 6.54 Å². The van der Waals surface area contributed by atoms with E-state index >= 15 is 0 Å². The number of hydrogen-bond acceptors (Lipinski definition) is 4. The maximum absolute atomic E-state index is 12.3. The molecule has 0 atom stereocenters. The number of rotatable bonds is 8. The molecule has 0 radical (unpaired) electrons. The fourth-order valence-electron chi connectivity index (χ4n) is 3.16. The summed E-state index contributed by atoms with van der Waals surface area (Å²) in [6.45, 7) is 3.39. The van der Waals surface area contributed by atoms with E-state index in [1.807, 2.05) is 0 Å². The summed E-state index contributed by atoms with van der Waals surface area (Å²) in [6.07, 6.45) is 6.95. The third-order valence-corrected chi connectivity index (χ3v) is 6.07. The maximum Gasteiger partial charge on any atom is 0.240 e. The molecule has 1 saturated heterocycles. The van der Waals surface area contributed by atoms with Crippen molar-refractivity contribution in [2.45, 2.75) is 32.1 Å². The molecule has 1 aromatic carbocycles. The largest absolute Gasteiger partial charge is 0.354 e. The van der Waals surface area contributed by atoms with Crippen LogP contribution in [0.4, 0.5) is 5.69 Å². The molecule has 0 aliphatic carbocycles. The number of carbonyl (C=O) groups excluding carboxylic acids is 1. The molecule has 1 aliphatic rings. The number of halogens is 2. The Balaban J connectivity index is 1.87. The van der Waals surface area contributed by atoms with Crippen molar-refractivity contribution in [2.75, 3.05) is 43.3 Å². The maximum atomic E-state index is 12.3. The number of amides is 1. The number of benzene rings is 1. The summed E-state index contributed by atoms with van der Waals surface area (Å²) in [6, 6.07) is 4.46. The van der Waals surface area contributed by atoms with Crippen LogP contribution in [0.3, 0.4) is 0 Å². The van der Waals surface area contributed by atoms with Crippen LogP contribution >= 0.6 is 23.2 Å². The van der Waals surface area contributed by atoms with Crippen LogP contribution in [0.15, 0.2) is 18.2 Å². The Labute approximate surface area is 171 Å². The molecule has 27 heavy (non-hydrogen) atoms. The Hall–Kier alpha value is -1.02. The molecule has 0 unspecified atom stereocenters. The summed E-state index contributed by atoms with van der Waals surface area (Å²) in [5.41, 5.74) is 0.273. The van der Waals surface area contributed by atoms with Gasteiger partial charge in [-0.1, -0.05) is 36.0 Å². The number of nitrogens with zero attached hydrogens (tertiary/aromatic N) is 2. The predicted molar refractivity (Wildman–Crippen MR) is 111 cm³/mol. The predicted octanol–water partition coefficient (Wildman–Crippen LogP) is 3.14. The zero-order chi connectivity index (χ0) is 19.9. The van der Waals surface area contributed by atoms with Gasteiger partial charge in [-0.3, -0.25) is 9.10 Å². The lowest BCUT2D eigenvalue weighted by molar-refractivity contribution is -0.119. The summed E-state index contributed by atoms with van der Waals surface area (Å²) >= 11 is 11.9. The number of likely N-dealkylation sites (tertiary alicyclic amines) is 1. The Morgan fingerprint density at radius 1 is 1.11 bits per heavy atom. The van der Waals surface area contributed by atoms with Crippen LogP contribution in [-0.4, -0.2) is 58.2 Å². The summed E-state index contributed by atoms with van der Waals surface area (Å²) in [4.78, 5) is 14.7. The first-order chi connectivity index (χ1) is 12.8. The van der Waals surface area contributed by atoms with Gasteiger partial charge >= 0.3 is 0 Å². The minimum Gasteiger partial charge on any atom is -0.354 e. The normalized spacial score (nSPS) is 16.0. The molecule has 1 aliphatic heterocycles. The van der Waals surface area contributed by atoms with Gasteiger partial charge in [0, 0.05) is 16.6 Å². The second kappa shape index (κ2) is 10.5. The standard InChI is InChI=1S/C18H27Cl2N3O3S/c1-27(25,26)23(17-12-15(19)11-16(20)13-17)14-18(24)21-7-6-10-22-8-4-2-3-5-9-22/h11-13H,2-10,14H2,1H3,(H,21,24). The molecular weight excluding hydrogens is 409 g/mol. The fraction of sp³-hybridized carbons (Fsp3) is 0.611. The molecule has 0 saturated carbocycles. The van der Waals surface area contributed by atoms with Crippen molar-refractivity contribution in [1.29, 1.82) is 0 Å². The molecule has 2 rings (SSSR count). The zero-order valence-corrected chi connectivity index (χ0v) is 17.9. The number of carbonyl (C=O) groups is 1. The first-order valence-corrected chi connectivity index (χ1v) is 11.8. The zero-order valence-electron chi connectivity index (χ0n) is 15.6. The van der Waals surface area contributed by atoms with Crippen LogP contribution in [0, 0.1) is 0 Å². The second-order valence-corrected chi connectivity index (χ2v) is 9.64. The second-order valence-electron chi connectivity index (χ2n) is 6.86. The monoisotopic (exact) mass is 435 g/mol. The number of sulfonamides is 1. The molecule has 0 aromatic heterocycles. The van der Waals surface area contributed by atoms with Crippen molar-refractivity contribution in [3.63, 3.8) is 0 Å². The molecule has 6 nitrogen and oxygen atoms in total. The first kappa shape index (κ1) is 22.3. The quantitative estimate of drug-likeness (QED) is 0.636. The van der Waals surface area contributed by atoms with Crippen LogP contribution in [0.5, 0.6) is 0 Å². The molecule has 1 aromatic rings. The molecular formula is C18H27Cl2N3O3S. The van der Waals surface area contributed by atoms with Gasteiger partial charge in [0.15, 0.2) is 0 Å². The highest BCUT2D eigenvalue weighted by molar-refractivity contribution is 7.92. The van der Waals surface area contributed by atoms with E-state index in [9.17, 15) is 13.2 Å². The Morgan fingerprint density at radius 3 is 2.26 bits per heavy atom. The van der Waals surface area contributed by atoms with E-state index < -0.39 is 10.0 Å². The number of anilines is 1. The lowest BCUT2D eigenvalue weighted by atomic mass is 10.2. The molecule has 1 fully saturated rings. The van der Waals surface area contributed by atoms with Crippen molar-refractivity contribution < 1.29 is 13.2 Å². The number of nitrogens with one attached hydrogen (secondary N) is 1. The van der Waals surface area contributed by atoms with Gasteiger partial charge in [0.2, 0.25) is 15.9 Å². The minimum absolute atomic E-state index is 0.273. The molecule has 1 amide bonds. The van der Waals surface area contributed by atoms with E-state index in [2.05, 4.69) is 10.2 Å². The summed E-state index contributed by atoms with van der Waals surface area (Å²) < 4.78 is 25.2. The first-order valence-electron chi connectivity index (χ1n) is 9.18. The third kappa shape index (κ3) is 7.86. The highest BCUT2D eigenvalue weighted by atomic mass is 35.5. The van der Waals surface area contributed by atoms with Crippen molar-refractivity contribution in [1.82, 2.24) is 10.2 Å². The van der Waals surface area contributed by atoms with Crippen LogP contribution in [-0.2, 0) is 14.8 Å². The highest BCUT2D eigenvalue weighted by Gasteiger charge is 2.21. The Morgan fingerprint density at radius 2 is 1.70 bits per heavy atom. The van der Waals surface area contributed by atoms with Crippen molar-refractivity contribution in [2.24, 2.45) is 0 Å². The van der Waals surface area contributed by atoms with Crippen LogP contribution in [0.1, 0.15) is 32.1 Å². The van der Waals surface area contributed by atoms with Gasteiger partial charge in [0.05, 0.1) is 11.9 Å². The van der Waals surface area contributed by atoms with Gasteiger partial charge in [-0.2, -0.15) is 0 Å². The van der Waals surface area contributed by atoms with E-state index in [1.165, 1.54) is 43.9 Å². The average molecular weight is 436 g/mol. The van der Waals surface area contributed by atoms with Gasteiger partial charge in [0.25, 0.3) is 0 Å². The van der Waals surface area contributed by atoms with E-state index in [0.717, 1.165) is 36.6 Å². The van der Waals surface area contributed by atoms with Crippen LogP contribution in [0.2, 0.25) is 10.0 Å². The summed E-state index contributed by atoms with van der Waals surface area (Å²) in [7, 11) is -3.65. The van der Waals surface area contributed by atoms with Gasteiger partial charge < -0.3 is 10.2 Å². The minimum atomic E-state index is -3.65. The van der Waals surface area contributed by atoms with Gasteiger partial charge in [-0.15, -0.1) is 0 Å². The molecule has 0 bridgehead atoms. The Kier molecular flexibility index (Phi) is 8.66. The van der Waals surface area contributed by atoms with E-state index in [0.29, 0.717) is 16.6 Å². The number of hydrogen-bond donors (Lipinski definition) is 1. The van der Waals surface area contributed by atoms with Gasteiger partial charge in [-0.25, -0.2) is 8.42 Å². The SMILES string of the molecule is CS(=O)(=O)N(CC(=O)NCCCN1CCCCCC1)c1cc(Cl)cc(Cl)c1. The average Bonchev–Trinajstić information content (AvgIpc) is 2.83.